The third-order valence-electron chi connectivity index (χ3n) is 3.71. The largest absolute Gasteiger partial charge is 0.348 e. The van der Waals surface area contributed by atoms with Gasteiger partial charge in [0.2, 0.25) is 5.91 Å². The number of para-hydroxylation sites is 1. The number of nitrogens with zero attached hydrogens (tertiary/aromatic N) is 2. The van der Waals surface area contributed by atoms with E-state index in [1.165, 1.54) is 0 Å². The fourth-order valence-corrected chi connectivity index (χ4v) is 2.02. The Labute approximate surface area is 142 Å². The van der Waals surface area contributed by atoms with Crippen LogP contribution in [0.3, 0.4) is 0 Å². The van der Waals surface area contributed by atoms with Crippen LogP contribution in [0.25, 0.3) is 5.69 Å². The number of anilines is 1. The van der Waals surface area contributed by atoms with E-state index in [4.69, 9.17) is 0 Å². The van der Waals surface area contributed by atoms with Crippen molar-refractivity contribution in [2.75, 3.05) is 5.32 Å². The van der Waals surface area contributed by atoms with Crippen LogP contribution in [0.4, 0.5) is 5.82 Å². The zero-order valence-corrected chi connectivity index (χ0v) is 14.5. The van der Waals surface area contributed by atoms with Crippen LogP contribution in [0.2, 0.25) is 0 Å². The van der Waals surface area contributed by atoms with Crippen molar-refractivity contribution < 1.29 is 9.59 Å². The van der Waals surface area contributed by atoms with Crippen molar-refractivity contribution in [1.29, 1.82) is 0 Å². The fourth-order valence-electron chi connectivity index (χ4n) is 2.02. The Morgan fingerprint density at radius 2 is 1.83 bits per heavy atom. The Balaban J connectivity index is 2.36. The molecule has 0 aliphatic heterocycles. The first-order chi connectivity index (χ1) is 11.4. The van der Waals surface area contributed by atoms with E-state index in [0.717, 1.165) is 12.1 Å². The van der Waals surface area contributed by atoms with Gasteiger partial charge in [0, 0.05) is 18.0 Å². The predicted molar refractivity (Wildman–Crippen MR) is 94.3 cm³/mol. The molecule has 0 aliphatic rings. The molecule has 0 bridgehead atoms. The highest BCUT2D eigenvalue weighted by molar-refractivity contribution is 5.96. The molecule has 1 atom stereocenters. The standard InChI is InChI=1S/C18H24N4O2/c1-5-13(4)19-18(24)15-11-16(20-17(23)12(2)3)22(21-15)14-9-7-6-8-10-14/h6-13H,5H2,1-4H3,(H,19,24)(H,20,23). The topological polar surface area (TPSA) is 76.0 Å². The number of aromatic nitrogens is 2. The minimum atomic E-state index is -0.251. The normalized spacial score (nSPS) is 12.0. The number of amides is 2. The molecular weight excluding hydrogens is 304 g/mol. The molecule has 0 fully saturated rings. The Hall–Kier alpha value is -2.63. The zero-order valence-electron chi connectivity index (χ0n) is 14.5. The number of carbonyl (C=O) groups is 2. The number of hydrogen-bond acceptors (Lipinski definition) is 3. The molecule has 1 unspecified atom stereocenters. The number of nitrogens with one attached hydrogen (secondary N) is 2. The average Bonchev–Trinajstić information content (AvgIpc) is 2.99. The molecule has 2 rings (SSSR count). The maximum atomic E-state index is 12.3. The van der Waals surface area contributed by atoms with Crippen molar-refractivity contribution in [2.24, 2.45) is 5.92 Å². The lowest BCUT2D eigenvalue weighted by Crippen LogP contribution is -2.32. The van der Waals surface area contributed by atoms with Gasteiger partial charge in [0.05, 0.1) is 5.69 Å². The van der Waals surface area contributed by atoms with Gasteiger partial charge in [-0.3, -0.25) is 9.59 Å². The monoisotopic (exact) mass is 328 g/mol. The van der Waals surface area contributed by atoms with Crippen LogP contribution in [-0.2, 0) is 4.79 Å². The molecule has 24 heavy (non-hydrogen) atoms. The van der Waals surface area contributed by atoms with Crippen LogP contribution in [0.5, 0.6) is 0 Å². The number of carbonyl (C=O) groups excluding carboxylic acids is 2. The van der Waals surface area contributed by atoms with E-state index in [0.29, 0.717) is 5.82 Å². The van der Waals surface area contributed by atoms with Gasteiger partial charge in [-0.1, -0.05) is 39.0 Å². The molecule has 0 aliphatic carbocycles. The number of benzene rings is 1. The zero-order chi connectivity index (χ0) is 17.7. The molecule has 1 aromatic carbocycles. The summed E-state index contributed by atoms with van der Waals surface area (Å²) in [5.41, 5.74) is 1.05. The molecule has 6 heteroatoms. The van der Waals surface area contributed by atoms with E-state index in [-0.39, 0.29) is 29.5 Å². The smallest absolute Gasteiger partial charge is 0.272 e. The minimum Gasteiger partial charge on any atom is -0.348 e. The highest BCUT2D eigenvalue weighted by Crippen LogP contribution is 2.18. The third kappa shape index (κ3) is 4.22. The molecule has 0 saturated carbocycles. The summed E-state index contributed by atoms with van der Waals surface area (Å²) in [5.74, 6) is -0.0595. The van der Waals surface area contributed by atoms with Crippen molar-refractivity contribution in [3.8, 4) is 5.69 Å². The van der Waals surface area contributed by atoms with Gasteiger partial charge in [-0.15, -0.1) is 0 Å². The Morgan fingerprint density at radius 1 is 1.17 bits per heavy atom. The van der Waals surface area contributed by atoms with Crippen LogP contribution in [0.1, 0.15) is 44.6 Å². The molecule has 1 heterocycles. The van der Waals surface area contributed by atoms with Gasteiger partial charge in [-0.05, 0) is 25.5 Å². The summed E-state index contributed by atoms with van der Waals surface area (Å²) in [7, 11) is 0. The van der Waals surface area contributed by atoms with Gasteiger partial charge < -0.3 is 10.6 Å². The Morgan fingerprint density at radius 3 is 2.42 bits per heavy atom. The van der Waals surface area contributed by atoms with Crippen molar-refractivity contribution in [3.63, 3.8) is 0 Å². The summed E-state index contributed by atoms with van der Waals surface area (Å²) < 4.78 is 1.58. The summed E-state index contributed by atoms with van der Waals surface area (Å²) in [6.07, 6.45) is 0.835. The quantitative estimate of drug-likeness (QED) is 0.856. The van der Waals surface area contributed by atoms with Crippen molar-refractivity contribution in [1.82, 2.24) is 15.1 Å². The predicted octanol–water partition coefficient (Wildman–Crippen LogP) is 3.00. The number of rotatable bonds is 6. The molecule has 0 radical (unpaired) electrons. The second-order valence-corrected chi connectivity index (χ2v) is 6.09. The van der Waals surface area contributed by atoms with Crippen LogP contribution < -0.4 is 10.6 Å². The molecule has 2 aromatic rings. The van der Waals surface area contributed by atoms with Crippen molar-refractivity contribution in [2.45, 2.75) is 40.2 Å². The van der Waals surface area contributed by atoms with E-state index in [1.54, 1.807) is 10.7 Å². The summed E-state index contributed by atoms with van der Waals surface area (Å²) in [5, 5.41) is 10.1. The minimum absolute atomic E-state index is 0.0630. The van der Waals surface area contributed by atoms with Crippen molar-refractivity contribution >= 4 is 17.6 Å². The highest BCUT2D eigenvalue weighted by Gasteiger charge is 2.18. The Bertz CT molecular complexity index is 707. The van der Waals surface area contributed by atoms with Gasteiger partial charge in [0.15, 0.2) is 5.69 Å². The van der Waals surface area contributed by atoms with E-state index in [9.17, 15) is 9.59 Å². The van der Waals surface area contributed by atoms with Gasteiger partial charge in [-0.25, -0.2) is 4.68 Å². The van der Waals surface area contributed by atoms with E-state index >= 15 is 0 Å². The molecule has 2 amide bonds. The first-order valence-corrected chi connectivity index (χ1v) is 8.19. The maximum Gasteiger partial charge on any atom is 0.272 e. The summed E-state index contributed by atoms with van der Waals surface area (Å²) in [4.78, 5) is 24.4. The van der Waals surface area contributed by atoms with Crippen LogP contribution >= 0.6 is 0 Å². The summed E-state index contributed by atoms with van der Waals surface area (Å²) >= 11 is 0. The van der Waals surface area contributed by atoms with Crippen LogP contribution in [0, 0.1) is 5.92 Å². The fraction of sp³-hybridized carbons (Fsp3) is 0.389. The van der Waals surface area contributed by atoms with Crippen LogP contribution in [-0.4, -0.2) is 27.6 Å². The van der Waals surface area contributed by atoms with Crippen molar-refractivity contribution in [3.05, 3.63) is 42.1 Å². The second kappa shape index (κ2) is 7.77. The Kier molecular flexibility index (Phi) is 5.73. The summed E-state index contributed by atoms with van der Waals surface area (Å²) in [6.45, 7) is 7.57. The third-order valence-corrected chi connectivity index (χ3v) is 3.71. The van der Waals surface area contributed by atoms with Crippen LogP contribution in [0.15, 0.2) is 36.4 Å². The van der Waals surface area contributed by atoms with Gasteiger partial charge in [0.1, 0.15) is 5.82 Å². The lowest BCUT2D eigenvalue weighted by Gasteiger charge is -2.10. The number of hydrogen-bond donors (Lipinski definition) is 2. The first kappa shape index (κ1) is 17.7. The highest BCUT2D eigenvalue weighted by atomic mass is 16.2. The second-order valence-electron chi connectivity index (χ2n) is 6.09. The maximum absolute atomic E-state index is 12.3. The van der Waals surface area contributed by atoms with E-state index in [2.05, 4.69) is 15.7 Å². The molecule has 128 valence electrons. The summed E-state index contributed by atoms with van der Waals surface area (Å²) in [6, 6.07) is 11.1. The molecule has 2 N–H and O–H groups in total. The van der Waals surface area contributed by atoms with E-state index in [1.807, 2.05) is 58.0 Å². The van der Waals surface area contributed by atoms with Gasteiger partial charge >= 0.3 is 0 Å². The molecule has 0 spiro atoms. The molecule has 0 saturated heterocycles. The van der Waals surface area contributed by atoms with E-state index < -0.39 is 0 Å². The van der Waals surface area contributed by atoms with Gasteiger partial charge in [-0.2, -0.15) is 5.10 Å². The average molecular weight is 328 g/mol. The molecular formula is C18H24N4O2. The first-order valence-electron chi connectivity index (χ1n) is 8.19. The lowest BCUT2D eigenvalue weighted by molar-refractivity contribution is -0.118. The molecule has 6 nitrogen and oxygen atoms in total. The lowest BCUT2D eigenvalue weighted by atomic mass is 10.2. The van der Waals surface area contributed by atoms with Gasteiger partial charge in [0.25, 0.3) is 5.91 Å². The SMILES string of the molecule is CCC(C)NC(=O)c1cc(NC(=O)C(C)C)n(-c2ccccc2)n1. The molecule has 1 aromatic heterocycles.